The Labute approximate surface area is 305 Å². The van der Waals surface area contributed by atoms with E-state index in [0.29, 0.717) is 64.0 Å². The van der Waals surface area contributed by atoms with E-state index in [2.05, 4.69) is 54.4 Å². The second-order valence-corrected chi connectivity index (χ2v) is 13.9. The van der Waals surface area contributed by atoms with Gasteiger partial charge in [-0.05, 0) is 48.4 Å². The van der Waals surface area contributed by atoms with E-state index in [4.69, 9.17) is 0 Å². The van der Waals surface area contributed by atoms with Crippen molar-refractivity contribution in [2.75, 3.05) is 90.4 Å². The molecule has 3 fully saturated rings. The Morgan fingerprint density at radius 2 is 1.63 bits per heavy atom. The minimum Gasteiger partial charge on any atom is -0.342 e. The molecule has 0 aliphatic carbocycles. The molecule has 3 aromatic rings. The van der Waals surface area contributed by atoms with Gasteiger partial charge in [0.25, 0.3) is 5.91 Å². The molecule has 52 heavy (non-hydrogen) atoms. The maximum Gasteiger partial charge on any atom is 0.274 e. The summed E-state index contributed by atoms with van der Waals surface area (Å²) in [5.41, 5.74) is 4.43. The lowest BCUT2D eigenvalue weighted by atomic mass is 9.95. The second kappa shape index (κ2) is 18.1. The Bertz CT molecular complexity index is 1670. The number of carbonyl (C=O) groups excluding carboxylic acids is 4. The molecule has 5 heterocycles. The summed E-state index contributed by atoms with van der Waals surface area (Å²) < 4.78 is 0. The van der Waals surface area contributed by atoms with Crippen molar-refractivity contribution in [3.8, 4) is 11.1 Å². The molecule has 6 rings (SSSR count). The highest BCUT2D eigenvalue weighted by atomic mass is 16.2. The molecule has 2 N–H and O–H groups in total. The highest BCUT2D eigenvalue weighted by Crippen LogP contribution is 2.28. The van der Waals surface area contributed by atoms with Crippen LogP contribution in [0.2, 0.25) is 0 Å². The number of aryl methyl sites for hydroxylation is 1. The molecule has 276 valence electrons. The van der Waals surface area contributed by atoms with Crippen molar-refractivity contribution in [2.45, 2.75) is 32.7 Å². The first kappa shape index (κ1) is 37.0. The molecule has 14 nitrogen and oxygen atoms in total. The van der Waals surface area contributed by atoms with Gasteiger partial charge in [0.15, 0.2) is 5.69 Å². The molecule has 0 atom stereocenters. The Morgan fingerprint density at radius 3 is 2.35 bits per heavy atom. The molecule has 0 spiro atoms. The summed E-state index contributed by atoms with van der Waals surface area (Å²) in [5, 5.41) is 6.07. The Balaban J connectivity index is 1.01. The fourth-order valence-corrected chi connectivity index (χ4v) is 7.11. The van der Waals surface area contributed by atoms with Gasteiger partial charge >= 0.3 is 0 Å². The zero-order chi connectivity index (χ0) is 36.3. The second-order valence-electron chi connectivity index (χ2n) is 13.9. The number of rotatable bonds is 13. The maximum atomic E-state index is 13.9. The Hall–Kier alpha value is -4.79. The summed E-state index contributed by atoms with van der Waals surface area (Å²) in [6, 6.07) is 11.8. The lowest BCUT2D eigenvalue weighted by molar-refractivity contribution is -0.136. The van der Waals surface area contributed by atoms with Crippen molar-refractivity contribution in [2.24, 2.45) is 5.92 Å². The molecule has 0 radical (unpaired) electrons. The van der Waals surface area contributed by atoms with Gasteiger partial charge in [-0.3, -0.25) is 24.1 Å². The number of carbonyl (C=O) groups is 4. The zero-order valence-electron chi connectivity index (χ0n) is 30.1. The minimum absolute atomic E-state index is 0.0446. The number of aromatic nitrogens is 3. The van der Waals surface area contributed by atoms with Crippen molar-refractivity contribution in [1.29, 1.82) is 0 Å². The number of hydrogen-bond acceptors (Lipinski definition) is 10. The highest BCUT2D eigenvalue weighted by Gasteiger charge is 2.30. The number of pyridine rings is 1. The van der Waals surface area contributed by atoms with Crippen LogP contribution >= 0.6 is 0 Å². The lowest BCUT2D eigenvalue weighted by Gasteiger charge is -2.39. The lowest BCUT2D eigenvalue weighted by Crippen LogP contribution is -2.54. The van der Waals surface area contributed by atoms with Crippen LogP contribution in [-0.2, 0) is 27.3 Å². The molecule has 0 unspecified atom stereocenters. The van der Waals surface area contributed by atoms with Gasteiger partial charge in [0, 0.05) is 96.5 Å². The van der Waals surface area contributed by atoms with Crippen LogP contribution in [0.4, 0.5) is 5.69 Å². The first-order valence-corrected chi connectivity index (χ1v) is 18.4. The van der Waals surface area contributed by atoms with E-state index in [1.165, 1.54) is 11.9 Å². The maximum absolute atomic E-state index is 13.9. The van der Waals surface area contributed by atoms with Crippen LogP contribution in [0.3, 0.4) is 0 Å². The summed E-state index contributed by atoms with van der Waals surface area (Å²) in [6.07, 6.45) is 8.40. The van der Waals surface area contributed by atoms with Gasteiger partial charge in [0.2, 0.25) is 18.2 Å². The number of piperazine rings is 2. The Morgan fingerprint density at radius 1 is 0.865 bits per heavy atom. The van der Waals surface area contributed by atoms with E-state index in [0.717, 1.165) is 75.2 Å². The average molecular weight is 711 g/mol. The third-order valence-electron chi connectivity index (χ3n) is 10.3. The molecule has 14 heteroatoms. The third kappa shape index (κ3) is 9.96. The number of hydrogen-bond donors (Lipinski definition) is 2. The minimum atomic E-state index is -0.273. The van der Waals surface area contributed by atoms with Gasteiger partial charge in [-0.25, -0.2) is 15.0 Å². The standard InChI is InChI=1S/C38H50N10O4/c1-2-29-4-3-5-31(20-29)32-21-34(43-35(50)24-40-23-33-6-9-39-27-42-33)37(41-22-32)38(52)48-10-7-30(8-11-48)25-44-12-14-45(15-13-44)26-36(51)47-18-16-46(28-49)17-19-47/h3-6,9,20-22,27-28,30,40H,2,7-8,10-19,23-26H2,1H3,(H,43,50). The largest absolute Gasteiger partial charge is 0.342 e. The van der Waals surface area contributed by atoms with E-state index >= 15 is 0 Å². The number of nitrogens with one attached hydrogen (secondary N) is 2. The average Bonchev–Trinajstić information content (AvgIpc) is 3.19. The molecule has 3 aliphatic rings. The summed E-state index contributed by atoms with van der Waals surface area (Å²) >= 11 is 0. The van der Waals surface area contributed by atoms with E-state index < -0.39 is 0 Å². The molecule has 2 aromatic heterocycles. The van der Waals surface area contributed by atoms with Gasteiger partial charge in [0.05, 0.1) is 24.5 Å². The van der Waals surface area contributed by atoms with Gasteiger partial charge in [-0.2, -0.15) is 0 Å². The number of piperidine rings is 1. The van der Waals surface area contributed by atoms with Gasteiger partial charge in [-0.15, -0.1) is 0 Å². The van der Waals surface area contributed by atoms with Crippen LogP contribution in [0.15, 0.2) is 55.1 Å². The molecular weight excluding hydrogens is 660 g/mol. The highest BCUT2D eigenvalue weighted by molar-refractivity contribution is 6.03. The quantitative estimate of drug-likeness (QED) is 0.251. The molecular formula is C38H50N10O4. The van der Waals surface area contributed by atoms with Crippen LogP contribution in [0, 0.1) is 5.92 Å². The normalized spacial score (nSPS) is 17.6. The summed E-state index contributed by atoms with van der Waals surface area (Å²) in [6.45, 7) is 11.2. The van der Waals surface area contributed by atoms with Crippen molar-refractivity contribution in [3.05, 3.63) is 72.1 Å². The topological polar surface area (TPSA) is 147 Å². The monoisotopic (exact) mass is 710 g/mol. The van der Waals surface area contributed by atoms with Crippen LogP contribution < -0.4 is 10.6 Å². The molecule has 0 bridgehead atoms. The number of nitrogens with zero attached hydrogens (tertiary/aromatic N) is 8. The molecule has 3 saturated heterocycles. The van der Waals surface area contributed by atoms with E-state index in [9.17, 15) is 19.2 Å². The predicted molar refractivity (Wildman–Crippen MR) is 197 cm³/mol. The predicted octanol–water partition coefficient (Wildman–Crippen LogP) is 1.60. The van der Waals surface area contributed by atoms with Crippen LogP contribution in [-0.4, -0.2) is 149 Å². The summed E-state index contributed by atoms with van der Waals surface area (Å²) in [4.78, 5) is 73.7. The number of amides is 4. The molecule has 1 aromatic carbocycles. The third-order valence-corrected chi connectivity index (χ3v) is 10.3. The fourth-order valence-electron chi connectivity index (χ4n) is 7.11. The fraction of sp³-hybridized carbons (Fsp3) is 0.500. The summed E-state index contributed by atoms with van der Waals surface area (Å²) in [5.74, 6) is 0.170. The van der Waals surface area contributed by atoms with Gasteiger partial charge < -0.3 is 30.2 Å². The van der Waals surface area contributed by atoms with Crippen LogP contribution in [0.1, 0.15) is 41.5 Å². The van der Waals surface area contributed by atoms with E-state index in [1.807, 2.05) is 28.0 Å². The van der Waals surface area contributed by atoms with Gasteiger partial charge in [0.1, 0.15) is 6.33 Å². The van der Waals surface area contributed by atoms with E-state index in [-0.39, 0.29) is 30.0 Å². The van der Waals surface area contributed by atoms with Crippen molar-refractivity contribution < 1.29 is 19.2 Å². The first-order valence-electron chi connectivity index (χ1n) is 18.4. The first-order chi connectivity index (χ1) is 25.4. The van der Waals surface area contributed by atoms with Crippen LogP contribution in [0.5, 0.6) is 0 Å². The zero-order valence-corrected chi connectivity index (χ0v) is 30.1. The molecule has 3 aliphatic heterocycles. The van der Waals surface area contributed by atoms with Crippen molar-refractivity contribution >= 4 is 29.8 Å². The molecule has 0 saturated carbocycles. The number of likely N-dealkylation sites (tertiary alicyclic amines) is 1. The Kier molecular flexibility index (Phi) is 12.9. The van der Waals surface area contributed by atoms with Gasteiger partial charge in [-0.1, -0.05) is 31.2 Å². The van der Waals surface area contributed by atoms with Crippen molar-refractivity contribution in [1.82, 2.24) is 44.8 Å². The smallest absolute Gasteiger partial charge is 0.274 e. The number of anilines is 1. The van der Waals surface area contributed by atoms with Crippen molar-refractivity contribution in [3.63, 3.8) is 0 Å². The number of benzene rings is 1. The SMILES string of the molecule is CCc1cccc(-c2cnc(C(=O)N3CCC(CN4CCN(CC(=O)N5CCN(C=O)CC5)CC4)CC3)c(NC(=O)CNCc3ccncn3)c2)c1. The van der Waals surface area contributed by atoms with Crippen LogP contribution in [0.25, 0.3) is 11.1 Å². The summed E-state index contributed by atoms with van der Waals surface area (Å²) in [7, 11) is 0. The van der Waals surface area contributed by atoms with E-state index in [1.54, 1.807) is 23.4 Å². The molecule has 4 amide bonds.